The molecule has 0 aliphatic carbocycles. The zero-order valence-electron chi connectivity index (χ0n) is 20.0. The summed E-state index contributed by atoms with van der Waals surface area (Å²) >= 11 is 0. The van der Waals surface area contributed by atoms with Gasteiger partial charge in [-0.3, -0.25) is 24.6 Å². The van der Waals surface area contributed by atoms with Crippen LogP contribution < -0.4 is 10.6 Å². The van der Waals surface area contributed by atoms with Crippen molar-refractivity contribution in [2.24, 2.45) is 0 Å². The lowest BCUT2D eigenvalue weighted by molar-refractivity contribution is -0.135. The first kappa shape index (κ1) is 24.0. The molecular weight excluding hydrogens is 460 g/mol. The number of aromatic hydroxyl groups is 1. The summed E-state index contributed by atoms with van der Waals surface area (Å²) in [5, 5.41) is 17.3. The number of rotatable bonds is 7. The number of ether oxygens (including phenoxy) is 1. The molecule has 2 fully saturated rings. The maximum Gasteiger partial charge on any atom is 0.249 e. The van der Waals surface area contributed by atoms with Crippen LogP contribution in [-0.4, -0.2) is 58.6 Å². The van der Waals surface area contributed by atoms with Gasteiger partial charge in [-0.1, -0.05) is 30.3 Å². The van der Waals surface area contributed by atoms with Crippen LogP contribution in [0.15, 0.2) is 48.7 Å². The lowest BCUT2D eigenvalue weighted by atomic mass is 10.1. The molecule has 1 unspecified atom stereocenters. The monoisotopic (exact) mass is 490 g/mol. The fourth-order valence-electron chi connectivity index (χ4n) is 4.87. The number of nitrogens with one attached hydrogen (secondary N) is 2. The summed E-state index contributed by atoms with van der Waals surface area (Å²) in [7, 11) is 0. The van der Waals surface area contributed by atoms with Gasteiger partial charge in [0.05, 0.1) is 19.6 Å². The molecule has 0 radical (unpaired) electrons. The minimum Gasteiger partial charge on any atom is -0.494 e. The average molecular weight is 491 g/mol. The van der Waals surface area contributed by atoms with Gasteiger partial charge in [0, 0.05) is 49.6 Å². The number of piperidine rings is 1. The zero-order chi connectivity index (χ0) is 25.1. The molecule has 1 aromatic heterocycles. The molecule has 3 amide bonds. The van der Waals surface area contributed by atoms with E-state index in [2.05, 4.69) is 27.7 Å². The van der Waals surface area contributed by atoms with Crippen LogP contribution in [0.4, 0.5) is 0 Å². The summed E-state index contributed by atoms with van der Waals surface area (Å²) in [4.78, 5) is 38.7. The normalized spacial score (nSPS) is 18.8. The Hall–Kier alpha value is -3.69. The second kappa shape index (κ2) is 10.5. The lowest BCUT2D eigenvalue weighted by Gasteiger charge is -2.26. The van der Waals surface area contributed by atoms with Gasteiger partial charge < -0.3 is 19.7 Å². The molecule has 1 atom stereocenters. The largest absolute Gasteiger partial charge is 0.494 e. The summed E-state index contributed by atoms with van der Waals surface area (Å²) < 4.78 is 6.92. The number of amides is 3. The molecule has 2 aliphatic heterocycles. The number of fused-ring (bicyclic) bond motifs is 1. The van der Waals surface area contributed by atoms with Crippen molar-refractivity contribution in [3.05, 3.63) is 65.4 Å². The van der Waals surface area contributed by atoms with Crippen LogP contribution >= 0.6 is 0 Å². The minimum atomic E-state index is -0.628. The molecule has 2 saturated heterocycles. The Morgan fingerprint density at radius 2 is 1.89 bits per heavy atom. The van der Waals surface area contributed by atoms with Crippen molar-refractivity contribution in [3.63, 3.8) is 0 Å². The summed E-state index contributed by atoms with van der Waals surface area (Å²) in [5.41, 5.74) is 3.05. The van der Waals surface area contributed by atoms with E-state index in [-0.39, 0.29) is 24.1 Å². The fourth-order valence-corrected chi connectivity index (χ4v) is 4.87. The highest BCUT2D eigenvalue weighted by molar-refractivity contribution is 6.00. The molecule has 9 nitrogen and oxygen atoms in total. The second-order valence-electron chi connectivity index (χ2n) is 9.41. The van der Waals surface area contributed by atoms with Gasteiger partial charge in [-0.15, -0.1) is 0 Å². The standard InChI is InChI=1S/C27H30N4O5/c32-24-7-6-23(26(34)29-24)31-17-21-13-19(4-5-22(21)27(31)35)15-28-25(33)14-18-2-1-3-20(12-18)16-30-8-10-36-11-9-30/h1-5,12-13,17,23,35H,6-11,14-16H2,(H,28,33)(H,29,32,34). The summed E-state index contributed by atoms with van der Waals surface area (Å²) in [6, 6.07) is 13.0. The Bertz CT molecular complexity index is 1290. The number of carbonyl (C=O) groups is 3. The van der Waals surface area contributed by atoms with E-state index in [0.717, 1.165) is 49.4 Å². The highest BCUT2D eigenvalue weighted by Crippen LogP contribution is 2.33. The molecular formula is C27H30N4O5. The predicted molar refractivity (Wildman–Crippen MR) is 133 cm³/mol. The third-order valence-electron chi connectivity index (χ3n) is 6.78. The third-order valence-corrected chi connectivity index (χ3v) is 6.78. The van der Waals surface area contributed by atoms with Crippen molar-refractivity contribution in [1.29, 1.82) is 0 Å². The molecule has 5 rings (SSSR count). The quantitative estimate of drug-likeness (QED) is 0.437. The first-order valence-electron chi connectivity index (χ1n) is 12.3. The molecule has 188 valence electrons. The molecule has 0 saturated carbocycles. The third kappa shape index (κ3) is 5.42. The van der Waals surface area contributed by atoms with E-state index >= 15 is 0 Å². The van der Waals surface area contributed by atoms with E-state index in [1.165, 1.54) is 10.1 Å². The van der Waals surface area contributed by atoms with Crippen molar-refractivity contribution < 1.29 is 24.2 Å². The van der Waals surface area contributed by atoms with Gasteiger partial charge in [0.1, 0.15) is 6.04 Å². The van der Waals surface area contributed by atoms with E-state index in [1.54, 1.807) is 12.3 Å². The fraction of sp³-hybridized carbons (Fsp3) is 0.370. The van der Waals surface area contributed by atoms with Gasteiger partial charge in [0.2, 0.25) is 17.7 Å². The number of morpholine rings is 1. The molecule has 0 spiro atoms. The van der Waals surface area contributed by atoms with Gasteiger partial charge in [-0.05, 0) is 35.2 Å². The van der Waals surface area contributed by atoms with Crippen LogP contribution in [0.3, 0.4) is 0 Å². The first-order chi connectivity index (χ1) is 17.5. The zero-order valence-corrected chi connectivity index (χ0v) is 20.0. The lowest BCUT2D eigenvalue weighted by Crippen LogP contribution is -2.41. The highest BCUT2D eigenvalue weighted by Gasteiger charge is 2.30. The Morgan fingerprint density at radius 3 is 2.69 bits per heavy atom. The van der Waals surface area contributed by atoms with Crippen LogP contribution in [-0.2, 0) is 38.6 Å². The maximum atomic E-state index is 12.6. The Kier molecular flexibility index (Phi) is 7.02. The number of benzene rings is 2. The average Bonchev–Trinajstić information content (AvgIpc) is 3.19. The van der Waals surface area contributed by atoms with Crippen molar-refractivity contribution in [2.75, 3.05) is 26.3 Å². The van der Waals surface area contributed by atoms with Gasteiger partial charge in [0.25, 0.3) is 0 Å². The molecule has 2 aliphatic rings. The van der Waals surface area contributed by atoms with Crippen molar-refractivity contribution in [1.82, 2.24) is 20.1 Å². The van der Waals surface area contributed by atoms with Gasteiger partial charge in [-0.2, -0.15) is 0 Å². The van der Waals surface area contributed by atoms with Crippen LogP contribution in [0.25, 0.3) is 10.8 Å². The molecule has 9 heteroatoms. The molecule has 3 aromatic rings. The van der Waals surface area contributed by atoms with Crippen LogP contribution in [0.1, 0.15) is 35.6 Å². The van der Waals surface area contributed by atoms with Crippen LogP contribution in [0.2, 0.25) is 0 Å². The van der Waals surface area contributed by atoms with Crippen LogP contribution in [0, 0.1) is 0 Å². The van der Waals surface area contributed by atoms with Crippen molar-refractivity contribution in [2.45, 2.75) is 38.4 Å². The van der Waals surface area contributed by atoms with E-state index < -0.39 is 11.9 Å². The summed E-state index contributed by atoms with van der Waals surface area (Å²) in [5.74, 6) is -0.785. The molecule has 3 N–H and O–H groups in total. The number of carbonyl (C=O) groups excluding carboxylic acids is 3. The molecule has 0 bridgehead atoms. The van der Waals surface area contributed by atoms with E-state index in [9.17, 15) is 19.5 Å². The van der Waals surface area contributed by atoms with Crippen molar-refractivity contribution >= 4 is 28.5 Å². The van der Waals surface area contributed by atoms with E-state index in [1.807, 2.05) is 24.3 Å². The highest BCUT2D eigenvalue weighted by atomic mass is 16.5. The van der Waals surface area contributed by atoms with Crippen molar-refractivity contribution in [3.8, 4) is 5.88 Å². The van der Waals surface area contributed by atoms with Gasteiger partial charge >= 0.3 is 0 Å². The predicted octanol–water partition coefficient (Wildman–Crippen LogP) is 2.02. The molecule has 2 aromatic carbocycles. The van der Waals surface area contributed by atoms with E-state index in [4.69, 9.17) is 4.74 Å². The topological polar surface area (TPSA) is 113 Å². The Morgan fingerprint density at radius 1 is 1.08 bits per heavy atom. The number of hydrogen-bond donors (Lipinski definition) is 3. The molecule has 3 heterocycles. The number of aromatic nitrogens is 1. The number of nitrogens with zero attached hydrogens (tertiary/aromatic N) is 2. The Labute approximate surface area is 209 Å². The summed E-state index contributed by atoms with van der Waals surface area (Å²) in [6.45, 7) is 4.56. The maximum absolute atomic E-state index is 12.6. The van der Waals surface area contributed by atoms with E-state index in [0.29, 0.717) is 24.8 Å². The first-order valence-corrected chi connectivity index (χ1v) is 12.3. The smallest absolute Gasteiger partial charge is 0.249 e. The number of imide groups is 1. The SMILES string of the molecule is O=C(Cc1cccc(CN2CCOCC2)c1)NCc1ccc2c(O)n(C3CCC(=O)NC3=O)cc2c1. The summed E-state index contributed by atoms with van der Waals surface area (Å²) in [6.07, 6.45) is 2.59. The minimum absolute atomic E-state index is 0.00737. The second-order valence-corrected chi connectivity index (χ2v) is 9.41. The van der Waals surface area contributed by atoms with Gasteiger partial charge in [0.15, 0.2) is 5.88 Å². The van der Waals surface area contributed by atoms with Crippen LogP contribution in [0.5, 0.6) is 5.88 Å². The number of hydrogen-bond acceptors (Lipinski definition) is 6. The Balaban J connectivity index is 1.20. The molecule has 36 heavy (non-hydrogen) atoms. The van der Waals surface area contributed by atoms with Gasteiger partial charge in [-0.25, -0.2) is 0 Å².